The number of hydrogen-bond acceptors (Lipinski definition) is 4. The maximum atomic E-state index is 12.9. The summed E-state index contributed by atoms with van der Waals surface area (Å²) >= 11 is 0. The third-order valence-electron chi connectivity index (χ3n) is 3.50. The molecule has 0 aromatic heterocycles. The van der Waals surface area contributed by atoms with E-state index in [4.69, 9.17) is 0 Å². The van der Waals surface area contributed by atoms with Gasteiger partial charge in [0.25, 0.3) is 0 Å². The van der Waals surface area contributed by atoms with Gasteiger partial charge in [-0.15, -0.1) is 0 Å². The molecule has 24 heavy (non-hydrogen) atoms. The number of benzene rings is 2. The first-order valence-electron chi connectivity index (χ1n) is 7.38. The van der Waals surface area contributed by atoms with Crippen molar-refractivity contribution in [3.8, 4) is 0 Å². The summed E-state index contributed by atoms with van der Waals surface area (Å²) in [4.78, 5) is 11.4. The average Bonchev–Trinajstić information content (AvgIpc) is 2.59. The number of carboxylic acid groups (broad SMARTS) is 1. The number of halogens is 1. The van der Waals surface area contributed by atoms with Crippen molar-refractivity contribution in [1.82, 2.24) is 5.43 Å². The number of aliphatic carboxylic acids is 1. The summed E-state index contributed by atoms with van der Waals surface area (Å²) in [6.45, 7) is 3.79. The topological polar surface area (TPSA) is 81.6 Å². The molecule has 0 aliphatic heterocycles. The van der Waals surface area contributed by atoms with Crippen molar-refractivity contribution in [2.75, 3.05) is 5.43 Å². The molecule has 4 N–H and O–H groups in total. The third kappa shape index (κ3) is 4.91. The van der Waals surface area contributed by atoms with Gasteiger partial charge in [-0.3, -0.25) is 4.79 Å². The average molecular weight is 330 g/mol. The van der Waals surface area contributed by atoms with Gasteiger partial charge in [0.15, 0.2) is 0 Å². The molecule has 0 saturated carbocycles. The van der Waals surface area contributed by atoms with Crippen molar-refractivity contribution in [2.24, 2.45) is 0 Å². The van der Waals surface area contributed by atoms with E-state index in [9.17, 15) is 19.4 Å². The van der Waals surface area contributed by atoms with Gasteiger partial charge in [-0.05, 0) is 41.8 Å². The predicted molar refractivity (Wildman–Crippen MR) is 89.7 cm³/mol. The van der Waals surface area contributed by atoms with Crippen molar-refractivity contribution in [3.05, 3.63) is 78.1 Å². The Morgan fingerprint density at radius 1 is 1.12 bits per heavy atom. The molecule has 0 aliphatic rings. The van der Waals surface area contributed by atoms with Crippen molar-refractivity contribution >= 4 is 11.7 Å². The molecule has 126 valence electrons. The highest BCUT2D eigenvalue weighted by Crippen LogP contribution is 2.23. The molecule has 5 nitrogen and oxygen atoms in total. The van der Waals surface area contributed by atoms with Crippen LogP contribution in [0.1, 0.15) is 18.1 Å². The third-order valence-corrected chi connectivity index (χ3v) is 3.50. The number of hydrogen-bond donors (Lipinski definition) is 4. The molecular weight excluding hydrogens is 311 g/mol. The Labute approximate surface area is 139 Å². The molecule has 2 unspecified atom stereocenters. The molecule has 0 spiro atoms. The Morgan fingerprint density at radius 3 is 2.33 bits per heavy atom. The van der Waals surface area contributed by atoms with E-state index in [2.05, 4.69) is 17.4 Å². The molecule has 0 fully saturated rings. The standard InChI is InChI=1S/C18H19FN2O3/c1-12(17(22)13-5-3-2-4-6-13)11-16(18(23)24)21-20-15-9-7-14(19)8-10-15/h2-10,16-17,20-22H,1,11H2,(H,23,24). The number of hydrazine groups is 1. The van der Waals surface area contributed by atoms with Crippen LogP contribution in [0.25, 0.3) is 0 Å². The largest absolute Gasteiger partial charge is 0.480 e. The van der Waals surface area contributed by atoms with E-state index in [1.165, 1.54) is 24.3 Å². The molecular formula is C18H19FN2O3. The quantitative estimate of drug-likeness (QED) is 0.442. The van der Waals surface area contributed by atoms with Gasteiger partial charge in [0, 0.05) is 5.69 Å². The summed E-state index contributed by atoms with van der Waals surface area (Å²) in [5.41, 5.74) is 6.92. The van der Waals surface area contributed by atoms with Crippen molar-refractivity contribution in [3.63, 3.8) is 0 Å². The molecule has 0 heterocycles. The van der Waals surface area contributed by atoms with Crippen molar-refractivity contribution in [2.45, 2.75) is 18.6 Å². The van der Waals surface area contributed by atoms with Crippen LogP contribution in [0.5, 0.6) is 0 Å². The van der Waals surface area contributed by atoms with Gasteiger partial charge in [-0.25, -0.2) is 9.82 Å². The van der Waals surface area contributed by atoms with Crippen LogP contribution in [-0.4, -0.2) is 22.2 Å². The SMILES string of the molecule is C=C(CC(NNc1ccc(F)cc1)C(=O)O)C(O)c1ccccc1. The van der Waals surface area contributed by atoms with E-state index in [-0.39, 0.29) is 12.2 Å². The van der Waals surface area contributed by atoms with Crippen LogP contribution in [0.3, 0.4) is 0 Å². The van der Waals surface area contributed by atoms with Crippen LogP contribution in [-0.2, 0) is 4.79 Å². The summed E-state index contributed by atoms with van der Waals surface area (Å²) in [6, 6.07) is 13.4. The predicted octanol–water partition coefficient (Wildman–Crippen LogP) is 2.88. The Kier molecular flexibility index (Phi) is 6.06. The summed E-state index contributed by atoms with van der Waals surface area (Å²) in [6.07, 6.45) is -0.916. The molecule has 0 amide bonds. The molecule has 0 radical (unpaired) electrons. The lowest BCUT2D eigenvalue weighted by molar-refractivity contribution is -0.139. The van der Waals surface area contributed by atoms with E-state index < -0.39 is 18.1 Å². The summed E-state index contributed by atoms with van der Waals surface area (Å²) in [5, 5.41) is 19.6. The monoisotopic (exact) mass is 330 g/mol. The number of rotatable bonds is 8. The normalized spacial score (nSPS) is 13.1. The Balaban J connectivity index is 1.96. The van der Waals surface area contributed by atoms with Crippen molar-refractivity contribution in [1.29, 1.82) is 0 Å². The smallest absolute Gasteiger partial charge is 0.322 e. The Morgan fingerprint density at radius 2 is 1.75 bits per heavy atom. The highest BCUT2D eigenvalue weighted by molar-refractivity contribution is 5.74. The zero-order chi connectivity index (χ0) is 17.5. The lowest BCUT2D eigenvalue weighted by Gasteiger charge is -2.20. The fourth-order valence-electron chi connectivity index (χ4n) is 2.15. The van der Waals surface area contributed by atoms with Gasteiger partial charge in [0.1, 0.15) is 11.9 Å². The minimum Gasteiger partial charge on any atom is -0.480 e. The molecule has 2 rings (SSSR count). The van der Waals surface area contributed by atoms with Gasteiger partial charge < -0.3 is 15.6 Å². The van der Waals surface area contributed by atoms with Gasteiger partial charge in [-0.1, -0.05) is 36.9 Å². The number of carbonyl (C=O) groups is 1. The molecule has 2 atom stereocenters. The number of carboxylic acids is 1. The first kappa shape index (κ1) is 17.7. The molecule has 0 saturated heterocycles. The Bertz CT molecular complexity index is 689. The van der Waals surface area contributed by atoms with Crippen LogP contribution in [0.2, 0.25) is 0 Å². The minimum absolute atomic E-state index is 0.0274. The fraction of sp³-hybridized carbons (Fsp3) is 0.167. The van der Waals surface area contributed by atoms with Crippen LogP contribution in [0.15, 0.2) is 66.7 Å². The zero-order valence-corrected chi connectivity index (χ0v) is 12.9. The van der Waals surface area contributed by atoms with Crippen LogP contribution < -0.4 is 10.9 Å². The summed E-state index contributed by atoms with van der Waals surface area (Å²) in [7, 11) is 0. The van der Waals surface area contributed by atoms with Crippen LogP contribution >= 0.6 is 0 Å². The van der Waals surface area contributed by atoms with E-state index in [0.717, 1.165) is 0 Å². The van der Waals surface area contributed by atoms with Gasteiger partial charge in [-0.2, -0.15) is 0 Å². The number of anilines is 1. The number of nitrogens with one attached hydrogen (secondary N) is 2. The fourth-order valence-corrected chi connectivity index (χ4v) is 2.15. The second kappa shape index (κ2) is 8.24. The molecule has 0 bridgehead atoms. The van der Waals surface area contributed by atoms with E-state index in [1.807, 2.05) is 6.07 Å². The first-order chi connectivity index (χ1) is 11.5. The zero-order valence-electron chi connectivity index (χ0n) is 12.9. The molecule has 2 aromatic carbocycles. The maximum Gasteiger partial charge on any atom is 0.322 e. The maximum absolute atomic E-state index is 12.9. The van der Waals surface area contributed by atoms with Gasteiger partial charge >= 0.3 is 5.97 Å². The van der Waals surface area contributed by atoms with Crippen LogP contribution in [0.4, 0.5) is 10.1 Å². The first-order valence-corrected chi connectivity index (χ1v) is 7.38. The highest BCUT2D eigenvalue weighted by atomic mass is 19.1. The van der Waals surface area contributed by atoms with E-state index in [0.29, 0.717) is 16.8 Å². The summed E-state index contributed by atoms with van der Waals surface area (Å²) < 4.78 is 12.9. The van der Waals surface area contributed by atoms with E-state index in [1.54, 1.807) is 24.3 Å². The lowest BCUT2D eigenvalue weighted by Crippen LogP contribution is -2.40. The molecule has 6 heteroatoms. The van der Waals surface area contributed by atoms with Gasteiger partial charge in [0.05, 0.1) is 6.10 Å². The highest BCUT2D eigenvalue weighted by Gasteiger charge is 2.22. The minimum atomic E-state index is -1.09. The number of aliphatic hydroxyl groups excluding tert-OH is 1. The second-order valence-electron chi connectivity index (χ2n) is 5.34. The second-order valence-corrected chi connectivity index (χ2v) is 5.34. The molecule has 0 aliphatic carbocycles. The lowest BCUT2D eigenvalue weighted by atomic mass is 9.97. The summed E-state index contributed by atoms with van der Waals surface area (Å²) in [5.74, 6) is -1.47. The number of aliphatic hydroxyl groups is 1. The van der Waals surface area contributed by atoms with Gasteiger partial charge in [0.2, 0.25) is 0 Å². The van der Waals surface area contributed by atoms with Crippen molar-refractivity contribution < 1.29 is 19.4 Å². The Hall–Kier alpha value is -2.70. The molecule has 2 aromatic rings. The van der Waals surface area contributed by atoms with Crippen LogP contribution in [0, 0.1) is 5.82 Å². The van der Waals surface area contributed by atoms with E-state index >= 15 is 0 Å².